The van der Waals surface area contributed by atoms with Crippen molar-refractivity contribution < 1.29 is 42.5 Å². The number of nitrogens with zero attached hydrogens (tertiary/aromatic N) is 3. The maximum absolute atomic E-state index is 12.1. The third-order valence-corrected chi connectivity index (χ3v) is 5.87. The van der Waals surface area contributed by atoms with E-state index in [2.05, 4.69) is 22.9 Å². The molecule has 10 nitrogen and oxygen atoms in total. The quantitative estimate of drug-likeness (QED) is 0.155. The Kier molecular flexibility index (Phi) is 10.5. The minimum atomic E-state index is -5.08. The first-order valence-corrected chi connectivity index (χ1v) is 12.8. The number of allylic oxidation sites excluding steroid dienone is 1. The number of alkyl halides is 3. The van der Waals surface area contributed by atoms with E-state index in [4.69, 9.17) is 24.7 Å². The summed E-state index contributed by atoms with van der Waals surface area (Å²) in [6, 6.07) is 20.4. The normalized spacial score (nSPS) is 11.1. The molecule has 1 heterocycles. The Morgan fingerprint density at radius 1 is 1.02 bits per heavy atom. The molecule has 0 saturated heterocycles. The summed E-state index contributed by atoms with van der Waals surface area (Å²) in [6.07, 6.45) is -1.47. The highest BCUT2D eigenvalue weighted by Crippen LogP contribution is 2.31. The van der Waals surface area contributed by atoms with Crippen molar-refractivity contribution in [2.45, 2.75) is 26.1 Å². The number of hydrogen-bond acceptors (Lipinski definition) is 5. The van der Waals surface area contributed by atoms with E-state index in [1.54, 1.807) is 26.2 Å². The van der Waals surface area contributed by atoms with Crippen molar-refractivity contribution in [2.75, 3.05) is 19.4 Å². The molecule has 43 heavy (non-hydrogen) atoms. The Labute approximate surface area is 244 Å². The third kappa shape index (κ3) is 8.83. The van der Waals surface area contributed by atoms with Crippen LogP contribution in [0, 0.1) is 0 Å². The van der Waals surface area contributed by atoms with Crippen molar-refractivity contribution in [2.24, 2.45) is 0 Å². The topological polar surface area (TPSA) is 134 Å². The number of carboxylic acids is 1. The molecule has 0 bridgehead atoms. The number of aromatic nitrogens is 2. The molecule has 0 radical (unpaired) electrons. The molecule has 226 valence electrons. The summed E-state index contributed by atoms with van der Waals surface area (Å²) in [5.41, 5.74) is 5.04. The van der Waals surface area contributed by atoms with Gasteiger partial charge in [0.1, 0.15) is 11.6 Å². The van der Waals surface area contributed by atoms with E-state index in [-0.39, 0.29) is 11.8 Å². The minimum absolute atomic E-state index is 0.200. The largest absolute Gasteiger partial charge is 0.511 e. The van der Waals surface area contributed by atoms with Crippen molar-refractivity contribution in [3.05, 3.63) is 84.2 Å². The van der Waals surface area contributed by atoms with Gasteiger partial charge < -0.3 is 29.7 Å². The fraction of sp³-hybridized carbons (Fsp3) is 0.200. The van der Waals surface area contributed by atoms with Crippen LogP contribution < -0.4 is 10.1 Å². The summed E-state index contributed by atoms with van der Waals surface area (Å²) in [5, 5.41) is 19.1. The van der Waals surface area contributed by atoms with E-state index in [0.29, 0.717) is 17.8 Å². The smallest absolute Gasteiger partial charge is 0.475 e. The van der Waals surface area contributed by atoms with Crippen molar-refractivity contribution in [1.82, 2.24) is 14.5 Å². The van der Waals surface area contributed by atoms with Gasteiger partial charge in [-0.05, 0) is 47.9 Å². The van der Waals surface area contributed by atoms with Gasteiger partial charge in [0.15, 0.2) is 0 Å². The molecular weight excluding hydrogens is 569 g/mol. The van der Waals surface area contributed by atoms with E-state index >= 15 is 0 Å². The lowest BCUT2D eigenvalue weighted by Gasteiger charge is -2.13. The second-order valence-corrected chi connectivity index (χ2v) is 9.26. The molecule has 0 aliphatic rings. The van der Waals surface area contributed by atoms with E-state index in [9.17, 15) is 22.8 Å². The number of halogens is 3. The second-order valence-electron chi connectivity index (χ2n) is 9.26. The number of urea groups is 1. The van der Waals surface area contributed by atoms with Gasteiger partial charge >= 0.3 is 24.3 Å². The lowest BCUT2D eigenvalue weighted by atomic mass is 10.0. The molecule has 4 aromatic rings. The standard InChI is InChI=1S/C28H28N4O4.C2HF3O2/c1-4-5-10-26-30-23-16-15-21(29-27(33)31(2)3)17-24(23)32(26)18-19-11-13-20(14-12-19)22-8-6-7-9-25(22)36-28(34)35;3-2(4,5)1(6)7/h5-17H,4,18H2,1-3H3,(H,29,33)(H,34,35);(H,6,7)/b10-5+;. The van der Waals surface area contributed by atoms with Gasteiger partial charge in [0.25, 0.3) is 0 Å². The number of carboxylic acid groups (broad SMARTS) is 2. The number of para-hydroxylation sites is 1. The first-order chi connectivity index (χ1) is 20.3. The molecule has 0 fully saturated rings. The van der Waals surface area contributed by atoms with Crippen LogP contribution >= 0.6 is 0 Å². The molecule has 0 unspecified atom stereocenters. The van der Waals surface area contributed by atoms with Gasteiger partial charge in [-0.1, -0.05) is 55.5 Å². The zero-order valence-electron chi connectivity index (χ0n) is 23.4. The summed E-state index contributed by atoms with van der Waals surface area (Å²) in [6.45, 7) is 2.64. The zero-order chi connectivity index (χ0) is 31.7. The first kappa shape index (κ1) is 32.2. The number of ether oxygens (including phenoxy) is 1. The predicted molar refractivity (Wildman–Crippen MR) is 155 cm³/mol. The van der Waals surface area contributed by atoms with Gasteiger partial charge in [-0.3, -0.25) is 0 Å². The van der Waals surface area contributed by atoms with Gasteiger partial charge in [-0.2, -0.15) is 13.2 Å². The van der Waals surface area contributed by atoms with Crippen molar-refractivity contribution in [3.8, 4) is 16.9 Å². The van der Waals surface area contributed by atoms with Gasteiger partial charge in [-0.25, -0.2) is 19.4 Å². The number of nitrogens with one attached hydrogen (secondary N) is 1. The molecule has 0 spiro atoms. The minimum Gasteiger partial charge on any atom is -0.475 e. The Bertz CT molecular complexity index is 1630. The molecule has 0 saturated carbocycles. The number of aliphatic carboxylic acids is 1. The molecule has 3 N–H and O–H groups in total. The number of hydrogen-bond donors (Lipinski definition) is 3. The number of anilines is 1. The van der Waals surface area contributed by atoms with Gasteiger partial charge in [0, 0.05) is 31.9 Å². The van der Waals surface area contributed by atoms with Gasteiger partial charge in [0.2, 0.25) is 0 Å². The van der Waals surface area contributed by atoms with Crippen molar-refractivity contribution >= 4 is 41.0 Å². The SMILES string of the molecule is CC/C=C/c1nc2ccc(NC(=O)N(C)C)cc2n1Cc1ccc(-c2ccccc2OC(=O)O)cc1.O=C(O)C(F)(F)F. The highest BCUT2D eigenvalue weighted by Gasteiger charge is 2.38. The Balaban J connectivity index is 0.000000646. The predicted octanol–water partition coefficient (Wildman–Crippen LogP) is 6.96. The summed E-state index contributed by atoms with van der Waals surface area (Å²) in [7, 11) is 3.39. The van der Waals surface area contributed by atoms with Crippen LogP contribution in [-0.2, 0) is 11.3 Å². The Morgan fingerprint density at radius 3 is 2.26 bits per heavy atom. The van der Waals surface area contributed by atoms with Crippen LogP contribution in [0.25, 0.3) is 28.2 Å². The maximum atomic E-state index is 12.1. The number of rotatable bonds is 7. The maximum Gasteiger partial charge on any atom is 0.511 e. The lowest BCUT2D eigenvalue weighted by Crippen LogP contribution is -2.27. The Hall–Kier alpha value is -5.33. The molecular formula is C30H29F3N4O6. The van der Waals surface area contributed by atoms with E-state index in [1.165, 1.54) is 4.90 Å². The molecule has 3 aromatic carbocycles. The van der Waals surface area contributed by atoms with Crippen LogP contribution in [0.4, 0.5) is 28.4 Å². The van der Waals surface area contributed by atoms with E-state index in [0.717, 1.165) is 34.4 Å². The number of carbonyl (C=O) groups is 3. The van der Waals surface area contributed by atoms with Crippen LogP contribution in [0.15, 0.2) is 72.8 Å². The molecule has 13 heteroatoms. The molecule has 0 atom stereocenters. The average molecular weight is 599 g/mol. The van der Waals surface area contributed by atoms with Crippen molar-refractivity contribution in [1.29, 1.82) is 0 Å². The fourth-order valence-electron chi connectivity index (χ4n) is 3.83. The molecule has 4 rings (SSSR count). The number of carbonyl (C=O) groups excluding carboxylic acids is 1. The van der Waals surface area contributed by atoms with Crippen LogP contribution in [0.3, 0.4) is 0 Å². The highest BCUT2D eigenvalue weighted by molar-refractivity contribution is 5.92. The lowest BCUT2D eigenvalue weighted by molar-refractivity contribution is -0.192. The molecule has 2 amide bonds. The van der Waals surface area contributed by atoms with E-state index in [1.807, 2.05) is 60.7 Å². The zero-order valence-corrected chi connectivity index (χ0v) is 23.4. The second kappa shape index (κ2) is 14.0. The fourth-order valence-corrected chi connectivity index (χ4v) is 3.83. The average Bonchev–Trinajstić information content (AvgIpc) is 3.28. The molecule has 0 aliphatic carbocycles. The number of amides is 2. The molecule has 1 aromatic heterocycles. The van der Waals surface area contributed by atoms with Gasteiger partial charge in [0.05, 0.1) is 11.0 Å². The summed E-state index contributed by atoms with van der Waals surface area (Å²) < 4.78 is 38.8. The monoisotopic (exact) mass is 598 g/mol. The summed E-state index contributed by atoms with van der Waals surface area (Å²) in [5.74, 6) is -1.64. The number of benzene rings is 3. The first-order valence-electron chi connectivity index (χ1n) is 12.8. The Morgan fingerprint density at radius 2 is 1.67 bits per heavy atom. The van der Waals surface area contributed by atoms with Crippen LogP contribution in [0.5, 0.6) is 5.75 Å². The van der Waals surface area contributed by atoms with Crippen LogP contribution in [0.1, 0.15) is 24.7 Å². The van der Waals surface area contributed by atoms with Gasteiger partial charge in [-0.15, -0.1) is 0 Å². The van der Waals surface area contributed by atoms with Crippen LogP contribution in [-0.4, -0.2) is 63.1 Å². The van der Waals surface area contributed by atoms with Crippen LogP contribution in [0.2, 0.25) is 0 Å². The van der Waals surface area contributed by atoms with Crippen molar-refractivity contribution in [3.63, 3.8) is 0 Å². The number of fused-ring (bicyclic) bond motifs is 1. The summed E-state index contributed by atoms with van der Waals surface area (Å²) in [4.78, 5) is 38.4. The number of imidazole rings is 1. The third-order valence-electron chi connectivity index (χ3n) is 5.87. The van der Waals surface area contributed by atoms with E-state index < -0.39 is 18.3 Å². The molecule has 0 aliphatic heterocycles. The highest BCUT2D eigenvalue weighted by atomic mass is 19.4. The summed E-state index contributed by atoms with van der Waals surface area (Å²) >= 11 is 0.